The zero-order valence-electron chi connectivity index (χ0n) is 10.3. The van der Waals surface area contributed by atoms with Gasteiger partial charge in [0, 0.05) is 12.7 Å². The van der Waals surface area contributed by atoms with Gasteiger partial charge in [0.25, 0.3) is 10.0 Å². The van der Waals surface area contributed by atoms with Gasteiger partial charge in [0.05, 0.1) is 5.69 Å². The highest BCUT2D eigenvalue weighted by molar-refractivity contribution is 7.89. The number of nitrogens with one attached hydrogen (secondary N) is 1. The van der Waals surface area contributed by atoms with Crippen molar-refractivity contribution in [3.8, 4) is 0 Å². The second kappa shape index (κ2) is 5.46. The van der Waals surface area contributed by atoms with Crippen molar-refractivity contribution in [2.45, 2.75) is 25.8 Å². The van der Waals surface area contributed by atoms with Crippen LogP contribution < -0.4 is 10.5 Å². The fraction of sp³-hybridized carbons (Fsp3) is 0.545. The molecule has 0 fully saturated rings. The molecule has 1 aromatic rings. The van der Waals surface area contributed by atoms with E-state index in [2.05, 4.69) is 9.71 Å². The number of nitrogen functional groups attached to an aromatic ring is 1. The van der Waals surface area contributed by atoms with E-state index in [1.165, 1.54) is 12.3 Å². The summed E-state index contributed by atoms with van der Waals surface area (Å²) in [4.78, 5) is 3.80. The number of hydrogen-bond acceptors (Lipinski definition) is 4. The van der Waals surface area contributed by atoms with Gasteiger partial charge in [-0.15, -0.1) is 0 Å². The van der Waals surface area contributed by atoms with Crippen LogP contribution in [0.3, 0.4) is 0 Å². The summed E-state index contributed by atoms with van der Waals surface area (Å²) >= 11 is 0. The molecule has 1 aromatic heterocycles. The summed E-state index contributed by atoms with van der Waals surface area (Å²) in [6.45, 7) is 6.48. The lowest BCUT2D eigenvalue weighted by Gasteiger charge is -2.16. The Kier molecular flexibility index (Phi) is 4.47. The van der Waals surface area contributed by atoms with Gasteiger partial charge in [-0.25, -0.2) is 18.1 Å². The summed E-state index contributed by atoms with van der Waals surface area (Å²) in [5, 5.41) is -0.101. The minimum absolute atomic E-state index is 0.101. The molecule has 6 heteroatoms. The lowest BCUT2D eigenvalue weighted by Crippen LogP contribution is -2.31. The van der Waals surface area contributed by atoms with Crippen molar-refractivity contribution >= 4 is 15.7 Å². The molecule has 1 rings (SSSR count). The van der Waals surface area contributed by atoms with E-state index in [9.17, 15) is 8.42 Å². The maximum absolute atomic E-state index is 11.9. The van der Waals surface area contributed by atoms with Crippen LogP contribution in [0.2, 0.25) is 0 Å². The van der Waals surface area contributed by atoms with Crippen LogP contribution in [0.4, 0.5) is 5.69 Å². The number of pyridine rings is 1. The van der Waals surface area contributed by atoms with Crippen LogP contribution in [0.25, 0.3) is 0 Å². The molecular weight excluding hydrogens is 238 g/mol. The lowest BCUT2D eigenvalue weighted by molar-refractivity contribution is 0.414. The first kappa shape index (κ1) is 13.9. The summed E-state index contributed by atoms with van der Waals surface area (Å²) in [5.74, 6) is 0.675. The Labute approximate surface area is 102 Å². The first-order chi connectivity index (χ1) is 7.84. The minimum atomic E-state index is -3.61. The first-order valence-corrected chi connectivity index (χ1v) is 7.03. The van der Waals surface area contributed by atoms with E-state index in [1.54, 1.807) is 6.07 Å². The summed E-state index contributed by atoms with van der Waals surface area (Å²) < 4.78 is 26.4. The van der Waals surface area contributed by atoms with Gasteiger partial charge < -0.3 is 5.73 Å². The first-order valence-electron chi connectivity index (χ1n) is 5.54. The minimum Gasteiger partial charge on any atom is -0.396 e. The Balaban J connectivity index is 2.80. The van der Waals surface area contributed by atoms with Crippen molar-refractivity contribution in [2.24, 2.45) is 11.8 Å². The average molecular weight is 257 g/mol. The highest BCUT2D eigenvalue weighted by Gasteiger charge is 2.19. The third kappa shape index (κ3) is 3.67. The molecule has 1 heterocycles. The number of hydrogen-bond donors (Lipinski definition) is 2. The molecule has 0 aliphatic rings. The van der Waals surface area contributed by atoms with Crippen LogP contribution in [0.15, 0.2) is 23.4 Å². The molecule has 1 unspecified atom stereocenters. The van der Waals surface area contributed by atoms with Gasteiger partial charge in [0.2, 0.25) is 0 Å². The standard InChI is InChI=1S/C11H19N3O2S/c1-8(2)9(3)7-14-17(15,16)11-10(12)5-4-6-13-11/h4-6,8-9,14H,7,12H2,1-3H3. The fourth-order valence-corrected chi connectivity index (χ4v) is 2.37. The number of anilines is 1. The monoisotopic (exact) mass is 257 g/mol. The summed E-state index contributed by atoms with van der Waals surface area (Å²) in [5.41, 5.74) is 5.76. The van der Waals surface area contributed by atoms with E-state index < -0.39 is 10.0 Å². The predicted octanol–water partition coefficient (Wildman–Crippen LogP) is 1.23. The maximum atomic E-state index is 11.9. The topological polar surface area (TPSA) is 85.1 Å². The van der Waals surface area contributed by atoms with Gasteiger partial charge >= 0.3 is 0 Å². The number of sulfonamides is 1. The number of rotatable bonds is 5. The Bertz CT molecular complexity index is 471. The smallest absolute Gasteiger partial charge is 0.260 e. The Morgan fingerprint density at radius 2 is 2.06 bits per heavy atom. The van der Waals surface area contributed by atoms with Gasteiger partial charge in [-0.2, -0.15) is 0 Å². The van der Waals surface area contributed by atoms with Crippen LogP contribution in [0.1, 0.15) is 20.8 Å². The van der Waals surface area contributed by atoms with Crippen LogP contribution >= 0.6 is 0 Å². The summed E-state index contributed by atoms with van der Waals surface area (Å²) in [6.07, 6.45) is 1.41. The Hall–Kier alpha value is -1.14. The predicted molar refractivity (Wildman–Crippen MR) is 67.8 cm³/mol. The third-order valence-electron chi connectivity index (χ3n) is 2.79. The fourth-order valence-electron chi connectivity index (χ4n) is 1.17. The number of nitrogens with zero attached hydrogens (tertiary/aromatic N) is 1. The maximum Gasteiger partial charge on any atom is 0.260 e. The molecule has 0 spiro atoms. The average Bonchev–Trinajstić information content (AvgIpc) is 2.26. The van der Waals surface area contributed by atoms with Crippen LogP contribution in [0, 0.1) is 11.8 Å². The molecule has 0 bridgehead atoms. The highest BCUT2D eigenvalue weighted by Crippen LogP contribution is 2.15. The molecule has 1 atom stereocenters. The van der Waals surface area contributed by atoms with Crippen molar-refractivity contribution in [2.75, 3.05) is 12.3 Å². The van der Waals surface area contributed by atoms with Gasteiger partial charge in [-0.1, -0.05) is 20.8 Å². The zero-order valence-corrected chi connectivity index (χ0v) is 11.2. The van der Waals surface area contributed by atoms with E-state index in [-0.39, 0.29) is 16.6 Å². The van der Waals surface area contributed by atoms with Crippen LogP contribution in [-0.4, -0.2) is 19.9 Å². The Morgan fingerprint density at radius 3 is 2.59 bits per heavy atom. The quantitative estimate of drug-likeness (QED) is 0.831. The second-order valence-electron chi connectivity index (χ2n) is 4.47. The van der Waals surface area contributed by atoms with Crippen LogP contribution in [0.5, 0.6) is 0 Å². The van der Waals surface area contributed by atoms with Gasteiger partial charge in [-0.05, 0) is 24.0 Å². The number of nitrogens with two attached hydrogens (primary N) is 1. The van der Waals surface area contributed by atoms with Crippen LogP contribution in [-0.2, 0) is 10.0 Å². The molecule has 96 valence electrons. The molecule has 3 N–H and O–H groups in total. The molecule has 17 heavy (non-hydrogen) atoms. The Morgan fingerprint density at radius 1 is 1.41 bits per heavy atom. The summed E-state index contributed by atoms with van der Waals surface area (Å²) in [7, 11) is -3.61. The van der Waals surface area contributed by atoms with Crippen molar-refractivity contribution < 1.29 is 8.42 Å². The molecule has 0 saturated carbocycles. The van der Waals surface area contributed by atoms with E-state index >= 15 is 0 Å². The van der Waals surface area contributed by atoms with E-state index in [4.69, 9.17) is 5.73 Å². The summed E-state index contributed by atoms with van der Waals surface area (Å²) in [6, 6.07) is 3.12. The molecular formula is C11H19N3O2S. The molecule has 0 radical (unpaired) electrons. The van der Waals surface area contributed by atoms with Gasteiger partial charge in [0.15, 0.2) is 5.03 Å². The normalized spacial score (nSPS) is 13.9. The van der Waals surface area contributed by atoms with Gasteiger partial charge in [-0.3, -0.25) is 0 Å². The third-order valence-corrected chi connectivity index (χ3v) is 4.19. The molecule has 0 aliphatic carbocycles. The van der Waals surface area contributed by atoms with Crippen molar-refractivity contribution in [1.29, 1.82) is 0 Å². The van der Waals surface area contributed by atoms with Crippen molar-refractivity contribution in [3.63, 3.8) is 0 Å². The van der Waals surface area contributed by atoms with E-state index in [0.29, 0.717) is 12.5 Å². The molecule has 0 aliphatic heterocycles. The largest absolute Gasteiger partial charge is 0.396 e. The second-order valence-corrected chi connectivity index (χ2v) is 6.15. The van der Waals surface area contributed by atoms with Gasteiger partial charge in [0.1, 0.15) is 0 Å². The lowest BCUT2D eigenvalue weighted by atomic mass is 9.99. The molecule has 0 saturated heterocycles. The van der Waals surface area contributed by atoms with Crippen molar-refractivity contribution in [3.05, 3.63) is 18.3 Å². The SMILES string of the molecule is CC(C)C(C)CNS(=O)(=O)c1ncccc1N. The zero-order chi connectivity index (χ0) is 13.1. The highest BCUT2D eigenvalue weighted by atomic mass is 32.2. The van der Waals surface area contributed by atoms with Crippen molar-refractivity contribution in [1.82, 2.24) is 9.71 Å². The van der Waals surface area contributed by atoms with E-state index in [1.807, 2.05) is 20.8 Å². The molecule has 0 aromatic carbocycles. The van der Waals surface area contributed by atoms with E-state index in [0.717, 1.165) is 0 Å². The molecule has 5 nitrogen and oxygen atoms in total. The molecule has 0 amide bonds. The number of aromatic nitrogens is 1.